The number of benzene rings is 4. The summed E-state index contributed by atoms with van der Waals surface area (Å²) in [5, 5.41) is 70.3. The fourth-order valence-corrected chi connectivity index (χ4v) is 19.8. The van der Waals surface area contributed by atoms with E-state index in [0.717, 1.165) is 122 Å². The Bertz CT molecular complexity index is 7350. The van der Waals surface area contributed by atoms with Gasteiger partial charge in [-0.15, -0.1) is 98.6 Å². The van der Waals surface area contributed by atoms with Crippen LogP contribution in [0.2, 0.25) is 0 Å². The number of nitrogens with zero attached hydrogens (tertiary/aromatic N) is 15. The standard InChI is InChI=1S/2C17H17FN4OS.C16H17N5OS.C16H16N4OS.C15H14N4O2S.C14H14N6OS/c1-8-4-5-12(18)11(6-8)7-20-16(23)15-14(19)13-9(2)10(3)21-22-17(13)24-15;1-8-5-4-6-11(13(8)18)7-20-16(23)15-14(19)12-9(2)10(3)21-22-17(12)24-15;1-8-6-11(4-5-18-8)7-19-15(22)14-13(17)12-9(2)10(3)20-21-16(12)23-14;1-9-10(2)19-20-16-12(9)13(17)14(22-16)15(21)18-8-11-6-4-3-5-7-11;1-21-10-4-2-9(3-5-10)8-17-14(20)13-12(16)11-6-7-18-19-15(11)22-13;1-7-8(2)19-20-14-10(7)11(15)12(22-14)13(21)18-6-9-16-4-3-5-17-9/h2*4-6H,7,19H2,1-3H3,(H,20,23);4-6H,7,17H2,1-3H3,(H,19,22);3-7H,8,17H2,1-2H3,(H,18,21);2-7H,8,16H2,1H3,(H,17,20);3-5H,6,15H2,1-2H3,(H,18,21). The Balaban J connectivity index is 0.000000139. The number of thiophene rings is 6. The zero-order valence-corrected chi connectivity index (χ0v) is 81.7. The molecule has 18 rings (SSSR count). The van der Waals surface area contributed by atoms with Crippen molar-refractivity contribution in [3.8, 4) is 5.75 Å². The highest BCUT2D eigenvalue weighted by Gasteiger charge is 2.27. The minimum absolute atomic E-state index is 0.101. The van der Waals surface area contributed by atoms with Crippen molar-refractivity contribution in [2.45, 2.75) is 129 Å². The highest BCUT2D eigenvalue weighted by Crippen LogP contribution is 2.41. The molecule has 42 heteroatoms. The third kappa shape index (κ3) is 23.0. The first-order chi connectivity index (χ1) is 65.6. The lowest BCUT2D eigenvalue weighted by Crippen LogP contribution is -2.23. The van der Waals surface area contributed by atoms with Crippen LogP contribution in [0.4, 0.5) is 42.9 Å². The molecule has 0 atom stereocenters. The number of pyridine rings is 1. The number of rotatable bonds is 19. The Hall–Kier alpha value is -15.4. The SMILES string of the molecule is COc1ccc(CNC(=O)c2sc3nnccc3c2N)cc1.Cc1cc(CNC(=O)c2sc3nnc(C)c(C)c3c2N)ccn1.Cc1ccc(F)c(CNC(=O)c2sc3nnc(C)c(C)c3c2N)c1.Cc1cccc(CNC(=O)c2sc3nnc(C)c(C)c3c2N)c1F.Cc1nnc2sc(C(=O)NCc3ccccc3)c(N)c2c1C.Cc1nnc2sc(C(=O)NCc3ncccn3)c(N)c2c1C. The van der Waals surface area contributed by atoms with Crippen LogP contribution in [0.1, 0.15) is 165 Å². The molecule has 0 aliphatic rings. The van der Waals surface area contributed by atoms with E-state index in [4.69, 9.17) is 39.1 Å². The van der Waals surface area contributed by atoms with Crippen molar-refractivity contribution in [1.29, 1.82) is 0 Å². The summed E-state index contributed by atoms with van der Waals surface area (Å²) in [6, 6.07) is 34.5. The fourth-order valence-electron chi connectivity index (χ4n) is 13.8. The van der Waals surface area contributed by atoms with Crippen molar-refractivity contribution >= 4 is 199 Å². The normalized spacial score (nSPS) is 10.9. The largest absolute Gasteiger partial charge is 0.497 e. The summed E-state index contributed by atoms with van der Waals surface area (Å²) in [5.41, 5.74) is 54.4. The van der Waals surface area contributed by atoms with Gasteiger partial charge in [0.15, 0.2) is 0 Å². The molecule has 18 N–H and O–H groups in total. The summed E-state index contributed by atoms with van der Waals surface area (Å²) in [4.78, 5) is 93.2. The molecule has 0 aliphatic carbocycles. The second-order valence-electron chi connectivity index (χ2n) is 31.3. The molecule has 137 heavy (non-hydrogen) atoms. The van der Waals surface area contributed by atoms with Crippen molar-refractivity contribution in [3.05, 3.63) is 288 Å². The first-order valence-electron chi connectivity index (χ1n) is 42.2. The van der Waals surface area contributed by atoms with Crippen LogP contribution in [0, 0.1) is 102 Å². The summed E-state index contributed by atoms with van der Waals surface area (Å²) in [6.45, 7) is 26.2. The Labute approximate surface area is 807 Å². The third-order valence-corrected chi connectivity index (χ3v) is 28.6. The summed E-state index contributed by atoms with van der Waals surface area (Å²) in [6.07, 6.45) is 6.55. The van der Waals surface area contributed by atoms with Gasteiger partial charge in [-0.3, -0.25) is 33.8 Å². The molecule has 14 aromatic heterocycles. The molecule has 4 aromatic carbocycles. The number of amides is 6. The van der Waals surface area contributed by atoms with Crippen LogP contribution < -0.4 is 71.0 Å². The van der Waals surface area contributed by atoms with Crippen LogP contribution >= 0.6 is 68.0 Å². The topological polar surface area (TPSA) is 533 Å². The van der Waals surface area contributed by atoms with Crippen LogP contribution in [0.15, 0.2) is 140 Å². The number of aromatic nitrogens is 15. The van der Waals surface area contributed by atoms with Gasteiger partial charge in [-0.05, 0) is 183 Å². The molecule has 0 spiro atoms. The number of anilines is 6. The van der Waals surface area contributed by atoms with E-state index in [2.05, 4.69) is 108 Å². The predicted molar refractivity (Wildman–Crippen MR) is 538 cm³/mol. The van der Waals surface area contributed by atoms with E-state index in [1.807, 2.05) is 150 Å². The number of carbonyl (C=O) groups excluding carboxylic acids is 6. The Kier molecular flexibility index (Phi) is 32.0. The van der Waals surface area contributed by atoms with Gasteiger partial charge in [-0.1, -0.05) is 78.4 Å². The quantitative estimate of drug-likeness (QED) is 0.0358. The zero-order valence-electron chi connectivity index (χ0n) is 76.8. The minimum Gasteiger partial charge on any atom is -0.497 e. The number of aryl methyl sites for hydroxylation is 13. The Morgan fingerprint density at radius 1 is 0.328 bits per heavy atom. The van der Waals surface area contributed by atoms with Gasteiger partial charge in [0.2, 0.25) is 0 Å². The number of nitrogen functional groups attached to an aromatic ring is 6. The van der Waals surface area contributed by atoms with Gasteiger partial charge < -0.3 is 71.0 Å². The van der Waals surface area contributed by atoms with Crippen LogP contribution in [-0.2, 0) is 39.3 Å². The van der Waals surface area contributed by atoms with Gasteiger partial charge in [0.25, 0.3) is 35.4 Å². The number of nitrogens with one attached hydrogen (secondary N) is 6. The van der Waals surface area contributed by atoms with Crippen LogP contribution in [0.5, 0.6) is 5.75 Å². The van der Waals surface area contributed by atoms with E-state index < -0.39 is 0 Å². The molecule has 18 aromatic rings. The molecule has 34 nitrogen and oxygen atoms in total. The van der Waals surface area contributed by atoms with E-state index in [1.165, 1.54) is 74.1 Å². The van der Waals surface area contributed by atoms with Gasteiger partial charge >= 0.3 is 0 Å². The lowest BCUT2D eigenvalue weighted by molar-refractivity contribution is 0.0946. The van der Waals surface area contributed by atoms with E-state index >= 15 is 0 Å². The number of methoxy groups -OCH3 is 1. The second-order valence-corrected chi connectivity index (χ2v) is 37.3. The minimum atomic E-state index is -0.345. The number of hydrogen-bond donors (Lipinski definition) is 12. The van der Waals surface area contributed by atoms with Gasteiger partial charge in [0, 0.05) is 100 Å². The molecule has 0 fully saturated rings. The summed E-state index contributed by atoms with van der Waals surface area (Å²) in [5.74, 6) is -0.853. The number of hydrogen-bond acceptors (Lipinski definition) is 34. The molecule has 0 aliphatic heterocycles. The maximum atomic E-state index is 14.0. The fraction of sp³-hybridized carbons (Fsp3) is 0.211. The summed E-state index contributed by atoms with van der Waals surface area (Å²) < 4.78 is 32.9. The number of nitrogens with two attached hydrogens (primary N) is 6. The molecule has 0 saturated heterocycles. The molecular formula is C95H95F2N27O7S6. The molecule has 14 heterocycles. The van der Waals surface area contributed by atoms with Crippen LogP contribution in [-0.4, -0.2) is 119 Å². The molecule has 0 saturated carbocycles. The predicted octanol–water partition coefficient (Wildman–Crippen LogP) is 15.7. The first kappa shape index (κ1) is 99.1. The third-order valence-electron chi connectivity index (χ3n) is 22.0. The van der Waals surface area contributed by atoms with Crippen molar-refractivity contribution < 1.29 is 42.3 Å². The van der Waals surface area contributed by atoms with E-state index in [9.17, 15) is 37.5 Å². The lowest BCUT2D eigenvalue weighted by atomic mass is 10.1. The molecule has 702 valence electrons. The Morgan fingerprint density at radius 3 is 1.10 bits per heavy atom. The molecule has 6 amide bonds. The second kappa shape index (κ2) is 44.2. The van der Waals surface area contributed by atoms with Crippen molar-refractivity contribution in [3.63, 3.8) is 0 Å². The van der Waals surface area contributed by atoms with Crippen molar-refractivity contribution in [1.82, 2.24) is 108 Å². The average Bonchev–Trinajstić information content (AvgIpc) is 1.65. The maximum Gasteiger partial charge on any atom is 0.263 e. The van der Waals surface area contributed by atoms with Crippen LogP contribution in [0.25, 0.3) is 61.3 Å². The number of halogens is 2. The van der Waals surface area contributed by atoms with Crippen molar-refractivity contribution in [2.75, 3.05) is 41.5 Å². The molecule has 0 radical (unpaired) electrons. The number of carbonyl (C=O) groups is 6. The van der Waals surface area contributed by atoms with Gasteiger partial charge in [0.1, 0.15) is 81.5 Å². The van der Waals surface area contributed by atoms with E-state index in [1.54, 1.807) is 81.3 Å². The summed E-state index contributed by atoms with van der Waals surface area (Å²) in [7, 11) is 1.61. The molecule has 0 unspecified atom stereocenters. The zero-order chi connectivity index (χ0) is 98.3. The Morgan fingerprint density at radius 2 is 0.701 bits per heavy atom. The van der Waals surface area contributed by atoms with Crippen molar-refractivity contribution in [2.24, 2.45) is 0 Å². The molecule has 0 bridgehead atoms. The van der Waals surface area contributed by atoms with Crippen LogP contribution in [0.3, 0.4) is 0 Å². The number of fused-ring (bicyclic) bond motifs is 6. The van der Waals surface area contributed by atoms with Gasteiger partial charge in [-0.25, -0.2) is 18.7 Å². The monoisotopic (exact) mass is 1960 g/mol. The smallest absolute Gasteiger partial charge is 0.263 e. The molecular weight excluding hydrogens is 1860 g/mol. The highest BCUT2D eigenvalue weighted by molar-refractivity contribution is 7.23. The average molecular weight is 1960 g/mol. The summed E-state index contributed by atoms with van der Waals surface area (Å²) >= 11 is 7.42. The van der Waals surface area contributed by atoms with E-state index in [-0.39, 0.29) is 66.7 Å². The number of ether oxygens (including phenoxy) is 1. The van der Waals surface area contributed by atoms with E-state index in [0.29, 0.717) is 135 Å². The lowest BCUT2D eigenvalue weighted by Gasteiger charge is -2.07. The first-order valence-corrected chi connectivity index (χ1v) is 47.1. The van der Waals surface area contributed by atoms with Gasteiger partial charge in [0.05, 0.1) is 82.4 Å². The maximum absolute atomic E-state index is 14.0. The highest BCUT2D eigenvalue weighted by atomic mass is 32.1. The van der Waals surface area contributed by atoms with Gasteiger partial charge in [-0.2, -0.15) is 30.6 Å².